The van der Waals surface area contributed by atoms with Gasteiger partial charge in [-0.25, -0.2) is 0 Å². The Labute approximate surface area is 105 Å². The van der Waals surface area contributed by atoms with E-state index in [1.54, 1.807) is 0 Å². The van der Waals surface area contributed by atoms with Gasteiger partial charge in [-0.1, -0.05) is 0 Å². The molecule has 1 rings (SSSR count). The maximum atomic E-state index is 3.12. The van der Waals surface area contributed by atoms with Crippen LogP contribution in [0.4, 0.5) is 0 Å². The van der Waals surface area contributed by atoms with E-state index < -0.39 is 0 Å². The van der Waals surface area contributed by atoms with Crippen molar-refractivity contribution in [3.05, 3.63) is 0 Å². The summed E-state index contributed by atoms with van der Waals surface area (Å²) in [6.07, 6.45) is 0. The van der Waals surface area contributed by atoms with Gasteiger partial charge in [0.1, 0.15) is 0 Å². The van der Waals surface area contributed by atoms with Gasteiger partial charge in [0, 0.05) is 0 Å². The molecule has 0 saturated carbocycles. The van der Waals surface area contributed by atoms with Crippen LogP contribution in [0.1, 0.15) is 0 Å². The zero-order valence-corrected chi connectivity index (χ0v) is 2.29. The third-order valence-electron chi connectivity index (χ3n) is 0.219. The number of H-pyrrole nitrogens is 1. The molecule has 0 fully saturated rings. The molecule has 0 spiro atoms. The smallest absolute Gasteiger partial charge is 0.00217 e. The number of aromatic amines is 1. The number of hydrogen-bond acceptors (Lipinski definition) is 4. The Hall–Kier alpha value is 1.64. The van der Waals surface area contributed by atoms with Gasteiger partial charge in [0.25, 0.3) is 0 Å². The van der Waals surface area contributed by atoms with Crippen LogP contribution in [0.25, 0.3) is 0 Å². The SMILES string of the molecule is [KH].[NaH].n1nn[nH]n1. The molecule has 7 heavy (non-hydrogen) atoms. The van der Waals surface area contributed by atoms with Crippen molar-refractivity contribution in [1.82, 2.24) is 26.1 Å². The van der Waals surface area contributed by atoms with E-state index in [9.17, 15) is 0 Å². The van der Waals surface area contributed by atoms with Gasteiger partial charge in [-0.05, 0) is 20.9 Å². The molecule has 0 atom stereocenters. The van der Waals surface area contributed by atoms with Gasteiger partial charge in [-0.3, -0.25) is 0 Å². The Balaban J connectivity index is 0. The Morgan fingerprint density at radius 3 is 1.57 bits per heavy atom. The van der Waals surface area contributed by atoms with Crippen LogP contribution < -0.4 is 0 Å². The Morgan fingerprint density at radius 2 is 1.43 bits per heavy atom. The number of nitrogens with zero attached hydrogens (tertiary/aromatic N) is 4. The zero-order valence-electron chi connectivity index (χ0n) is 2.29. The molecule has 1 N–H and O–H groups in total. The molecular formula is H3KN5Na. The topological polar surface area (TPSA) is 67.3 Å². The van der Waals surface area contributed by atoms with E-state index in [-0.39, 0.29) is 80.9 Å². The van der Waals surface area contributed by atoms with Gasteiger partial charge in [-0.15, -0.1) is 0 Å². The Kier molecular flexibility index (Phi) is 12.5. The summed E-state index contributed by atoms with van der Waals surface area (Å²) >= 11 is 0. The second-order valence-corrected chi connectivity index (χ2v) is 0.479. The number of rotatable bonds is 0. The van der Waals surface area contributed by atoms with Crippen molar-refractivity contribution in [3.63, 3.8) is 0 Å². The minimum Gasteiger partial charge on any atom is -0.157 e. The fraction of sp³-hybridized carbons (Fsp3) is 0. The normalized spacial score (nSPS) is 5.71. The standard InChI is InChI=1S/K.HN5.Na.2H/c;1-2-4-5-3-1;;;/h;(H,1,2,3,4,5);;;. The van der Waals surface area contributed by atoms with Crippen LogP contribution in [-0.4, -0.2) is 107 Å². The second kappa shape index (κ2) is 7.64. The molecular weight excluding hydrogens is 132 g/mol. The molecule has 0 aliphatic carbocycles. The molecule has 0 radical (unpaired) electrons. The quantitative estimate of drug-likeness (QED) is 0.393. The molecule has 0 saturated heterocycles. The van der Waals surface area contributed by atoms with Crippen molar-refractivity contribution >= 4 is 80.9 Å². The number of nitrogens with one attached hydrogen (secondary N) is 1. The zero-order chi connectivity index (χ0) is 3.54. The van der Waals surface area contributed by atoms with Crippen molar-refractivity contribution in [2.75, 3.05) is 0 Å². The molecule has 0 aliphatic heterocycles. The van der Waals surface area contributed by atoms with E-state index in [1.807, 2.05) is 0 Å². The van der Waals surface area contributed by atoms with Gasteiger partial charge in [-0.2, -0.15) is 5.21 Å². The van der Waals surface area contributed by atoms with E-state index in [4.69, 9.17) is 0 Å². The van der Waals surface area contributed by atoms with Crippen LogP contribution in [-0.2, 0) is 0 Å². The maximum absolute atomic E-state index is 3.12. The van der Waals surface area contributed by atoms with Crippen molar-refractivity contribution in [2.24, 2.45) is 0 Å². The minimum absolute atomic E-state index is 0. The van der Waals surface area contributed by atoms with Crippen LogP contribution >= 0.6 is 0 Å². The molecule has 1 heterocycles. The third kappa shape index (κ3) is 5.51. The fourth-order valence-electron chi connectivity index (χ4n) is 0.100. The van der Waals surface area contributed by atoms with Gasteiger partial charge >= 0.3 is 80.9 Å². The molecule has 1 aromatic rings. The van der Waals surface area contributed by atoms with Gasteiger partial charge in [0.2, 0.25) is 0 Å². The molecule has 0 amide bonds. The summed E-state index contributed by atoms with van der Waals surface area (Å²) in [7, 11) is 0. The summed E-state index contributed by atoms with van der Waals surface area (Å²) in [5.74, 6) is 0. The maximum Gasteiger partial charge on any atom is -0.00217 e. The summed E-state index contributed by atoms with van der Waals surface area (Å²) in [5, 5.41) is 14.5. The molecule has 5 nitrogen and oxygen atoms in total. The molecule has 0 aliphatic rings. The second-order valence-electron chi connectivity index (χ2n) is 0.479. The van der Waals surface area contributed by atoms with Crippen LogP contribution in [0.15, 0.2) is 0 Å². The first-order chi connectivity index (χ1) is 2.50. The van der Waals surface area contributed by atoms with Gasteiger partial charge in [0.05, 0.1) is 0 Å². The van der Waals surface area contributed by atoms with E-state index in [0.717, 1.165) is 0 Å². The number of hydrogen-bond donors (Lipinski definition) is 1. The summed E-state index contributed by atoms with van der Waals surface area (Å²) in [4.78, 5) is 0. The van der Waals surface area contributed by atoms with Crippen molar-refractivity contribution in [2.45, 2.75) is 0 Å². The van der Waals surface area contributed by atoms with Gasteiger partial charge < -0.3 is 0 Å². The average Bonchev–Trinajstić information content (AvgIpc) is 1.76. The fourth-order valence-corrected chi connectivity index (χ4v) is 0.100. The van der Waals surface area contributed by atoms with Crippen LogP contribution in [0.3, 0.4) is 0 Å². The first-order valence-corrected chi connectivity index (χ1v) is 1.05. The van der Waals surface area contributed by atoms with Crippen molar-refractivity contribution < 1.29 is 0 Å². The summed E-state index contributed by atoms with van der Waals surface area (Å²) < 4.78 is 0. The molecule has 30 valence electrons. The third-order valence-corrected chi connectivity index (χ3v) is 0.219. The summed E-state index contributed by atoms with van der Waals surface area (Å²) in [5.41, 5.74) is 0. The number of aromatic nitrogens is 5. The molecule has 0 unspecified atom stereocenters. The summed E-state index contributed by atoms with van der Waals surface area (Å²) in [6, 6.07) is 0. The van der Waals surface area contributed by atoms with E-state index in [0.29, 0.717) is 0 Å². The van der Waals surface area contributed by atoms with Crippen LogP contribution in [0, 0.1) is 0 Å². The Bertz CT molecular complexity index is 64.6. The first-order valence-electron chi connectivity index (χ1n) is 1.05. The van der Waals surface area contributed by atoms with E-state index >= 15 is 0 Å². The minimum atomic E-state index is 0. The van der Waals surface area contributed by atoms with E-state index in [1.165, 1.54) is 0 Å². The molecule has 0 aromatic carbocycles. The van der Waals surface area contributed by atoms with Crippen LogP contribution in [0.2, 0.25) is 0 Å². The Morgan fingerprint density at radius 1 is 1.00 bits per heavy atom. The van der Waals surface area contributed by atoms with E-state index in [2.05, 4.69) is 26.1 Å². The average molecular weight is 135 g/mol. The molecule has 7 heteroatoms. The summed E-state index contributed by atoms with van der Waals surface area (Å²) in [6.45, 7) is 0. The first kappa shape index (κ1) is 11.4. The van der Waals surface area contributed by atoms with Crippen LogP contribution in [0.5, 0.6) is 0 Å². The largest absolute Gasteiger partial charge is 0.157 e. The predicted octanol–water partition coefficient (Wildman–Crippen LogP) is -2.70. The molecule has 1 aromatic heterocycles. The molecule has 0 bridgehead atoms. The van der Waals surface area contributed by atoms with Crippen molar-refractivity contribution in [3.8, 4) is 0 Å². The van der Waals surface area contributed by atoms with Gasteiger partial charge in [0.15, 0.2) is 0 Å². The van der Waals surface area contributed by atoms with Crippen molar-refractivity contribution in [1.29, 1.82) is 0 Å². The monoisotopic (exact) mass is 135 g/mol. The predicted molar refractivity (Wildman–Crippen MR) is 26.3 cm³/mol.